The number of carbonyl (C=O) groups is 1. The highest BCUT2D eigenvalue weighted by Gasteiger charge is 2.15. The first-order valence-electron chi connectivity index (χ1n) is 7.72. The number of methoxy groups -OCH3 is 1. The molecule has 0 aliphatic rings. The van der Waals surface area contributed by atoms with E-state index < -0.39 is 11.7 Å². The van der Waals surface area contributed by atoms with Gasteiger partial charge in [-0.15, -0.1) is 0 Å². The molecule has 4 rings (SSSR count). The van der Waals surface area contributed by atoms with E-state index in [4.69, 9.17) is 9.15 Å². The zero-order valence-electron chi connectivity index (χ0n) is 13.4. The van der Waals surface area contributed by atoms with Crippen molar-refractivity contribution in [2.45, 2.75) is 0 Å². The minimum Gasteiger partial charge on any atom is -0.495 e. The van der Waals surface area contributed by atoms with E-state index in [2.05, 4.69) is 5.32 Å². The second-order valence-corrected chi connectivity index (χ2v) is 5.61. The van der Waals surface area contributed by atoms with E-state index in [0.717, 1.165) is 16.4 Å². The molecule has 1 N–H and O–H groups in total. The smallest absolute Gasteiger partial charge is 0.255 e. The van der Waals surface area contributed by atoms with Gasteiger partial charge in [-0.25, -0.2) is 4.39 Å². The van der Waals surface area contributed by atoms with Gasteiger partial charge in [-0.3, -0.25) is 4.79 Å². The van der Waals surface area contributed by atoms with Crippen LogP contribution < -0.4 is 10.1 Å². The Labute approximate surface area is 142 Å². The third-order valence-electron chi connectivity index (χ3n) is 4.03. The molecule has 0 bridgehead atoms. The summed E-state index contributed by atoms with van der Waals surface area (Å²) < 4.78 is 24.6. The number of amides is 1. The van der Waals surface area contributed by atoms with Crippen molar-refractivity contribution in [2.75, 3.05) is 12.4 Å². The summed E-state index contributed by atoms with van der Waals surface area (Å²) in [5.74, 6) is -0.385. The van der Waals surface area contributed by atoms with Crippen LogP contribution in [0.25, 0.3) is 21.9 Å². The van der Waals surface area contributed by atoms with E-state index in [0.29, 0.717) is 17.0 Å². The molecule has 0 fully saturated rings. The molecule has 0 saturated heterocycles. The first-order valence-corrected chi connectivity index (χ1v) is 7.72. The highest BCUT2D eigenvalue weighted by atomic mass is 19.1. The molecule has 1 aromatic heterocycles. The van der Waals surface area contributed by atoms with Crippen LogP contribution in [0.1, 0.15) is 10.4 Å². The van der Waals surface area contributed by atoms with Crippen LogP contribution in [-0.4, -0.2) is 13.0 Å². The van der Waals surface area contributed by atoms with E-state index >= 15 is 0 Å². The summed E-state index contributed by atoms with van der Waals surface area (Å²) in [7, 11) is 1.53. The predicted octanol–water partition coefficient (Wildman–Crippen LogP) is 4.99. The lowest BCUT2D eigenvalue weighted by atomic mass is 10.1. The number of furan rings is 1. The number of halogens is 1. The lowest BCUT2D eigenvalue weighted by Crippen LogP contribution is -2.12. The number of hydrogen-bond acceptors (Lipinski definition) is 3. The summed E-state index contributed by atoms with van der Waals surface area (Å²) in [5, 5.41) is 4.62. The minimum atomic E-state index is -0.465. The molecule has 4 aromatic rings. The largest absolute Gasteiger partial charge is 0.495 e. The molecule has 1 amide bonds. The summed E-state index contributed by atoms with van der Waals surface area (Å²) in [6.45, 7) is 0. The number of rotatable bonds is 3. The van der Waals surface area contributed by atoms with Gasteiger partial charge in [0.2, 0.25) is 0 Å². The number of nitrogens with one attached hydrogen (secondary N) is 1. The number of ether oxygens (including phenoxy) is 1. The van der Waals surface area contributed by atoms with Gasteiger partial charge >= 0.3 is 0 Å². The van der Waals surface area contributed by atoms with Gasteiger partial charge < -0.3 is 14.5 Å². The average molecular weight is 335 g/mol. The van der Waals surface area contributed by atoms with Crippen LogP contribution in [0.15, 0.2) is 65.1 Å². The number of carbonyl (C=O) groups excluding carboxylic acids is 1. The van der Waals surface area contributed by atoms with Gasteiger partial charge in [0.05, 0.1) is 12.8 Å². The molecule has 25 heavy (non-hydrogen) atoms. The monoisotopic (exact) mass is 335 g/mol. The van der Waals surface area contributed by atoms with Gasteiger partial charge in [-0.2, -0.15) is 0 Å². The molecular formula is C20H14FNO3. The molecule has 0 unspecified atom stereocenters. The molecule has 1 heterocycles. The van der Waals surface area contributed by atoms with Crippen molar-refractivity contribution in [1.29, 1.82) is 0 Å². The Bertz CT molecular complexity index is 1100. The summed E-state index contributed by atoms with van der Waals surface area (Å²) in [6, 6.07) is 16.7. The van der Waals surface area contributed by atoms with Crippen molar-refractivity contribution >= 4 is 33.5 Å². The fourth-order valence-corrected chi connectivity index (χ4v) is 2.84. The molecule has 0 radical (unpaired) electrons. The predicted molar refractivity (Wildman–Crippen MR) is 94.6 cm³/mol. The summed E-state index contributed by atoms with van der Waals surface area (Å²) in [5.41, 5.74) is 2.08. The lowest BCUT2D eigenvalue weighted by molar-refractivity contribution is 0.102. The normalized spacial score (nSPS) is 11.0. The van der Waals surface area contributed by atoms with Gasteiger partial charge in [0.25, 0.3) is 5.91 Å². The number of anilines is 1. The van der Waals surface area contributed by atoms with Gasteiger partial charge in [0.1, 0.15) is 22.7 Å². The third kappa shape index (κ3) is 2.70. The molecule has 124 valence electrons. The van der Waals surface area contributed by atoms with Gasteiger partial charge in [-0.1, -0.05) is 24.3 Å². The van der Waals surface area contributed by atoms with Crippen LogP contribution in [-0.2, 0) is 0 Å². The molecule has 0 spiro atoms. The number of hydrogen-bond donors (Lipinski definition) is 1. The SMILES string of the molecule is COc1cc2c(cc1NC(=O)c1cccc(F)c1)oc1ccccc12. The Morgan fingerprint density at radius 3 is 2.64 bits per heavy atom. The van der Waals surface area contributed by atoms with Crippen molar-refractivity contribution in [3.8, 4) is 5.75 Å². The first-order chi connectivity index (χ1) is 12.2. The highest BCUT2D eigenvalue weighted by Crippen LogP contribution is 2.36. The fraction of sp³-hybridized carbons (Fsp3) is 0.0500. The molecular weight excluding hydrogens is 321 g/mol. The zero-order valence-corrected chi connectivity index (χ0v) is 13.4. The molecule has 0 aliphatic heterocycles. The van der Waals surface area contributed by atoms with Gasteiger partial charge in [-0.05, 0) is 30.3 Å². The maximum Gasteiger partial charge on any atom is 0.255 e. The molecule has 5 heteroatoms. The summed E-state index contributed by atoms with van der Waals surface area (Å²) in [4.78, 5) is 12.4. The molecule has 0 aliphatic carbocycles. The van der Waals surface area contributed by atoms with Crippen molar-refractivity contribution in [3.05, 3.63) is 72.0 Å². The third-order valence-corrected chi connectivity index (χ3v) is 4.03. The standard InChI is InChI=1S/C20H14FNO3/c1-24-19-10-15-14-7-2-3-8-17(14)25-18(15)11-16(19)22-20(23)12-5-4-6-13(21)9-12/h2-11H,1H3,(H,22,23). The van der Waals surface area contributed by atoms with Crippen LogP contribution in [0.2, 0.25) is 0 Å². The highest BCUT2D eigenvalue weighted by molar-refractivity contribution is 6.10. The second kappa shape index (κ2) is 5.94. The molecule has 3 aromatic carbocycles. The van der Waals surface area contributed by atoms with E-state index in [1.54, 1.807) is 12.1 Å². The van der Waals surface area contributed by atoms with Crippen molar-refractivity contribution < 1.29 is 18.3 Å². The fourth-order valence-electron chi connectivity index (χ4n) is 2.84. The van der Waals surface area contributed by atoms with Crippen LogP contribution in [0, 0.1) is 5.82 Å². The van der Waals surface area contributed by atoms with Gasteiger partial charge in [0, 0.05) is 22.4 Å². The minimum absolute atomic E-state index is 0.228. The lowest BCUT2D eigenvalue weighted by Gasteiger charge is -2.10. The number of fused-ring (bicyclic) bond motifs is 3. The zero-order chi connectivity index (χ0) is 17.4. The Kier molecular flexibility index (Phi) is 3.61. The second-order valence-electron chi connectivity index (χ2n) is 5.61. The van der Waals surface area contributed by atoms with Crippen LogP contribution in [0.3, 0.4) is 0 Å². The van der Waals surface area contributed by atoms with E-state index in [9.17, 15) is 9.18 Å². The van der Waals surface area contributed by atoms with Crippen molar-refractivity contribution in [3.63, 3.8) is 0 Å². The van der Waals surface area contributed by atoms with Crippen LogP contribution in [0.5, 0.6) is 5.75 Å². The topological polar surface area (TPSA) is 51.5 Å². The Morgan fingerprint density at radius 1 is 1.00 bits per heavy atom. The maximum atomic E-state index is 13.3. The molecule has 4 nitrogen and oxygen atoms in total. The Balaban J connectivity index is 1.78. The van der Waals surface area contributed by atoms with Crippen LogP contribution in [0.4, 0.5) is 10.1 Å². The Morgan fingerprint density at radius 2 is 1.84 bits per heavy atom. The average Bonchev–Trinajstić information content (AvgIpc) is 2.98. The van der Waals surface area contributed by atoms with E-state index in [-0.39, 0.29) is 5.56 Å². The van der Waals surface area contributed by atoms with Crippen molar-refractivity contribution in [2.24, 2.45) is 0 Å². The first kappa shape index (κ1) is 15.2. The van der Waals surface area contributed by atoms with E-state index in [1.165, 1.54) is 25.3 Å². The number of para-hydroxylation sites is 1. The van der Waals surface area contributed by atoms with Crippen LogP contribution >= 0.6 is 0 Å². The maximum absolute atomic E-state index is 13.3. The van der Waals surface area contributed by atoms with Crippen molar-refractivity contribution in [1.82, 2.24) is 0 Å². The summed E-state index contributed by atoms with van der Waals surface area (Å²) >= 11 is 0. The quantitative estimate of drug-likeness (QED) is 0.574. The molecule has 0 atom stereocenters. The van der Waals surface area contributed by atoms with E-state index in [1.807, 2.05) is 30.3 Å². The molecule has 0 saturated carbocycles. The summed E-state index contributed by atoms with van der Waals surface area (Å²) in [6.07, 6.45) is 0. The Hall–Kier alpha value is -3.34. The van der Waals surface area contributed by atoms with Gasteiger partial charge in [0.15, 0.2) is 0 Å². The number of benzene rings is 3.